The lowest BCUT2D eigenvalue weighted by molar-refractivity contribution is -0.166. The van der Waals surface area contributed by atoms with Gasteiger partial charge in [-0.25, -0.2) is 15.0 Å². The van der Waals surface area contributed by atoms with Crippen LogP contribution in [0.4, 0.5) is 5.82 Å². The van der Waals surface area contributed by atoms with Crippen LogP contribution in [0.15, 0.2) is 12.7 Å². The fourth-order valence-corrected chi connectivity index (χ4v) is 2.97. The van der Waals surface area contributed by atoms with E-state index in [4.69, 9.17) is 24.7 Å². The van der Waals surface area contributed by atoms with Crippen molar-refractivity contribution in [2.45, 2.75) is 45.3 Å². The smallest absolute Gasteiger partial charge is 0.303 e. The Labute approximate surface area is 158 Å². The van der Waals surface area contributed by atoms with Gasteiger partial charge < -0.3 is 24.7 Å². The number of fused-ring (bicyclic) bond motifs is 1. The van der Waals surface area contributed by atoms with Gasteiger partial charge in [-0.15, -0.1) is 0 Å². The maximum atomic E-state index is 11.7. The van der Waals surface area contributed by atoms with Crippen LogP contribution in [0.5, 0.6) is 0 Å². The highest BCUT2D eigenvalue weighted by atomic mass is 16.7. The fourth-order valence-electron chi connectivity index (χ4n) is 2.97. The number of hydrogen-bond donors (Lipinski definition) is 1. The Hall–Kier alpha value is -3.28. The number of anilines is 1. The Balaban J connectivity index is 2.01. The van der Waals surface area contributed by atoms with Gasteiger partial charge in [-0.2, -0.15) is 0 Å². The zero-order valence-electron chi connectivity index (χ0n) is 15.4. The standard InChI is InChI=1S/C16H19N5O7/c1-7(22)25-4-10-12(26-8(2)23)13(27-9(3)24)16(28-10)21-6-20-11-14(17)18-5-19-15(11)21/h5-6,10,12-13,16H,4H2,1-3H3,(H2,17,18,19)/t10-,12?,13?,16-/m1/s1. The summed E-state index contributed by atoms with van der Waals surface area (Å²) in [5.41, 5.74) is 6.48. The molecule has 12 heteroatoms. The first-order valence-electron chi connectivity index (χ1n) is 8.34. The summed E-state index contributed by atoms with van der Waals surface area (Å²) >= 11 is 0. The van der Waals surface area contributed by atoms with Crippen LogP contribution in [0.2, 0.25) is 0 Å². The Morgan fingerprint density at radius 3 is 2.39 bits per heavy atom. The number of imidazole rings is 1. The molecule has 2 aromatic heterocycles. The number of carbonyl (C=O) groups is 3. The molecule has 4 atom stereocenters. The summed E-state index contributed by atoms with van der Waals surface area (Å²) in [4.78, 5) is 46.6. The van der Waals surface area contributed by atoms with E-state index in [0.717, 1.165) is 0 Å². The van der Waals surface area contributed by atoms with Crippen LogP contribution in [0.25, 0.3) is 11.2 Å². The molecule has 1 aliphatic rings. The number of nitrogens with zero attached hydrogens (tertiary/aromatic N) is 4. The van der Waals surface area contributed by atoms with E-state index in [1.165, 1.54) is 38.0 Å². The minimum Gasteiger partial charge on any atom is -0.463 e. The second kappa shape index (κ2) is 7.76. The lowest BCUT2D eigenvalue weighted by atomic mass is 10.1. The molecule has 150 valence electrons. The van der Waals surface area contributed by atoms with E-state index in [1.807, 2.05) is 0 Å². The monoisotopic (exact) mass is 393 g/mol. The lowest BCUT2D eigenvalue weighted by Gasteiger charge is -2.23. The Kier molecular flexibility index (Phi) is 5.40. The van der Waals surface area contributed by atoms with Crippen molar-refractivity contribution in [2.75, 3.05) is 12.3 Å². The normalized spacial score (nSPS) is 24.1. The molecule has 0 spiro atoms. The number of aromatic nitrogens is 4. The summed E-state index contributed by atoms with van der Waals surface area (Å²) < 4.78 is 23.1. The van der Waals surface area contributed by atoms with Gasteiger partial charge in [0.2, 0.25) is 0 Å². The van der Waals surface area contributed by atoms with Crippen molar-refractivity contribution >= 4 is 34.9 Å². The van der Waals surface area contributed by atoms with Gasteiger partial charge in [0.25, 0.3) is 0 Å². The molecule has 2 unspecified atom stereocenters. The van der Waals surface area contributed by atoms with Crippen LogP contribution < -0.4 is 5.73 Å². The number of ether oxygens (including phenoxy) is 4. The van der Waals surface area contributed by atoms with Crippen LogP contribution in [0.3, 0.4) is 0 Å². The highest BCUT2D eigenvalue weighted by Crippen LogP contribution is 2.36. The second-order valence-electron chi connectivity index (χ2n) is 6.10. The van der Waals surface area contributed by atoms with Gasteiger partial charge in [0.1, 0.15) is 24.6 Å². The predicted octanol–water partition coefficient (Wildman–Crippen LogP) is -0.268. The van der Waals surface area contributed by atoms with Gasteiger partial charge in [0, 0.05) is 20.8 Å². The van der Waals surface area contributed by atoms with E-state index in [0.29, 0.717) is 11.2 Å². The van der Waals surface area contributed by atoms with Crippen LogP contribution >= 0.6 is 0 Å². The van der Waals surface area contributed by atoms with E-state index >= 15 is 0 Å². The topological polar surface area (TPSA) is 158 Å². The van der Waals surface area contributed by atoms with Crippen LogP contribution in [-0.4, -0.2) is 62.3 Å². The molecule has 2 N–H and O–H groups in total. The molecule has 2 aromatic rings. The number of rotatable bonds is 5. The van der Waals surface area contributed by atoms with Crippen molar-refractivity contribution in [1.29, 1.82) is 0 Å². The van der Waals surface area contributed by atoms with Gasteiger partial charge in [-0.3, -0.25) is 19.0 Å². The molecule has 0 radical (unpaired) electrons. The van der Waals surface area contributed by atoms with E-state index in [2.05, 4.69) is 15.0 Å². The molecule has 0 saturated carbocycles. The van der Waals surface area contributed by atoms with Gasteiger partial charge in [-0.05, 0) is 0 Å². The van der Waals surface area contributed by atoms with Crippen molar-refractivity contribution in [1.82, 2.24) is 19.5 Å². The summed E-state index contributed by atoms with van der Waals surface area (Å²) in [6.07, 6.45) is -1.22. The third-order valence-corrected chi connectivity index (χ3v) is 4.00. The molecule has 0 aliphatic carbocycles. The predicted molar refractivity (Wildman–Crippen MR) is 91.4 cm³/mol. The summed E-state index contributed by atoms with van der Waals surface area (Å²) in [6.45, 7) is 3.46. The van der Waals surface area contributed by atoms with E-state index < -0.39 is 42.4 Å². The third kappa shape index (κ3) is 3.86. The Bertz CT molecular complexity index is 914. The maximum Gasteiger partial charge on any atom is 0.303 e. The minimum atomic E-state index is -1.03. The molecule has 12 nitrogen and oxygen atoms in total. The molecule has 28 heavy (non-hydrogen) atoms. The fraction of sp³-hybridized carbons (Fsp3) is 0.500. The zero-order valence-corrected chi connectivity index (χ0v) is 15.4. The second-order valence-corrected chi connectivity index (χ2v) is 6.10. The first-order valence-corrected chi connectivity index (χ1v) is 8.34. The van der Waals surface area contributed by atoms with E-state index in [9.17, 15) is 14.4 Å². The zero-order chi connectivity index (χ0) is 20.4. The summed E-state index contributed by atoms with van der Waals surface area (Å²) in [5.74, 6) is -1.59. The van der Waals surface area contributed by atoms with Crippen molar-refractivity contribution in [3.63, 3.8) is 0 Å². The quantitative estimate of drug-likeness (QED) is 0.526. The number of esters is 3. The van der Waals surface area contributed by atoms with Gasteiger partial charge in [0.05, 0.1) is 6.33 Å². The largest absolute Gasteiger partial charge is 0.463 e. The molecule has 1 aliphatic heterocycles. The SMILES string of the molecule is CC(=O)OC[C@H]1O[C@@H](n2cnc3c(N)ncnc32)C(OC(C)=O)C1OC(C)=O. The number of nitrogens with two attached hydrogens (primary N) is 1. The molecular formula is C16H19N5O7. The molecule has 1 saturated heterocycles. The first kappa shape index (κ1) is 19.5. The van der Waals surface area contributed by atoms with Crippen molar-refractivity contribution in [3.05, 3.63) is 12.7 Å². The molecular weight excluding hydrogens is 374 g/mol. The van der Waals surface area contributed by atoms with Gasteiger partial charge in [0.15, 0.2) is 29.9 Å². The molecule has 3 heterocycles. The molecule has 0 bridgehead atoms. The molecule has 1 fully saturated rings. The van der Waals surface area contributed by atoms with Gasteiger partial charge in [-0.1, -0.05) is 0 Å². The minimum absolute atomic E-state index is 0.166. The number of hydrogen-bond acceptors (Lipinski definition) is 11. The van der Waals surface area contributed by atoms with E-state index in [1.54, 1.807) is 0 Å². The lowest BCUT2D eigenvalue weighted by Crippen LogP contribution is -2.40. The maximum absolute atomic E-state index is 11.7. The average molecular weight is 393 g/mol. The Morgan fingerprint density at radius 1 is 1.07 bits per heavy atom. The number of nitrogen functional groups attached to an aromatic ring is 1. The molecule has 0 amide bonds. The number of carbonyl (C=O) groups excluding carboxylic acids is 3. The molecule has 0 aromatic carbocycles. The first-order chi connectivity index (χ1) is 13.3. The summed E-state index contributed by atoms with van der Waals surface area (Å²) in [7, 11) is 0. The van der Waals surface area contributed by atoms with Crippen molar-refractivity contribution < 1.29 is 33.3 Å². The summed E-state index contributed by atoms with van der Waals surface area (Å²) in [6, 6.07) is 0. The van der Waals surface area contributed by atoms with Crippen LogP contribution in [-0.2, 0) is 33.3 Å². The highest BCUT2D eigenvalue weighted by Gasteiger charge is 2.51. The van der Waals surface area contributed by atoms with Crippen molar-refractivity contribution in [2.24, 2.45) is 0 Å². The van der Waals surface area contributed by atoms with Crippen LogP contribution in [0, 0.1) is 0 Å². The highest BCUT2D eigenvalue weighted by molar-refractivity contribution is 5.81. The Morgan fingerprint density at radius 2 is 1.75 bits per heavy atom. The third-order valence-electron chi connectivity index (χ3n) is 4.00. The molecule has 3 rings (SSSR count). The van der Waals surface area contributed by atoms with Crippen molar-refractivity contribution in [3.8, 4) is 0 Å². The summed E-state index contributed by atoms with van der Waals surface area (Å²) in [5, 5.41) is 0. The average Bonchev–Trinajstić information content (AvgIpc) is 3.16. The van der Waals surface area contributed by atoms with E-state index in [-0.39, 0.29) is 12.4 Å². The van der Waals surface area contributed by atoms with Gasteiger partial charge >= 0.3 is 17.9 Å². The van der Waals surface area contributed by atoms with Crippen LogP contribution in [0.1, 0.15) is 27.0 Å².